The second-order valence-electron chi connectivity index (χ2n) is 3.14. The Labute approximate surface area is 85.5 Å². The number of carboxylic acid groups (broad SMARTS) is 1. The Morgan fingerprint density at radius 3 is 2.60 bits per heavy atom. The Bertz CT molecular complexity index is 410. The smallest absolute Gasteiger partial charge is 0.312 e. The Morgan fingerprint density at radius 1 is 1.60 bits per heavy atom. The van der Waals surface area contributed by atoms with Gasteiger partial charge in [-0.3, -0.25) is 19.6 Å². The van der Waals surface area contributed by atoms with Crippen molar-refractivity contribution in [3.8, 4) is 0 Å². The fraction of sp³-hybridized carbons (Fsp3) is 0.500. The van der Waals surface area contributed by atoms with Gasteiger partial charge in [0.05, 0.1) is 17.9 Å². The molecule has 1 aromatic rings. The molecule has 1 N–H and O–H groups in total. The van der Waals surface area contributed by atoms with Crippen molar-refractivity contribution in [2.24, 2.45) is 0 Å². The van der Waals surface area contributed by atoms with Crippen molar-refractivity contribution < 1.29 is 14.8 Å². The molecule has 0 fully saturated rings. The van der Waals surface area contributed by atoms with Gasteiger partial charge < -0.3 is 5.11 Å². The number of rotatable bonds is 4. The molecule has 0 radical (unpaired) electrons. The Morgan fingerprint density at radius 2 is 2.20 bits per heavy atom. The van der Waals surface area contributed by atoms with E-state index in [2.05, 4.69) is 5.10 Å². The summed E-state index contributed by atoms with van der Waals surface area (Å²) in [5.74, 6) is -0.954. The molecule has 0 saturated heterocycles. The van der Waals surface area contributed by atoms with Crippen molar-refractivity contribution in [3.63, 3.8) is 0 Å². The van der Waals surface area contributed by atoms with E-state index in [1.807, 2.05) is 0 Å². The molecule has 1 aromatic heterocycles. The van der Waals surface area contributed by atoms with Gasteiger partial charge in [-0.1, -0.05) is 0 Å². The minimum Gasteiger partial charge on any atom is -0.481 e. The summed E-state index contributed by atoms with van der Waals surface area (Å²) < 4.78 is 1.35. The van der Waals surface area contributed by atoms with Gasteiger partial charge in [-0.2, -0.15) is 5.10 Å². The summed E-state index contributed by atoms with van der Waals surface area (Å²) in [6.45, 7) is 3.23. The molecule has 0 aromatic carbocycles. The highest BCUT2D eigenvalue weighted by Gasteiger charge is 2.21. The summed E-state index contributed by atoms with van der Waals surface area (Å²) in [5, 5.41) is 23.0. The molecule has 7 heteroatoms. The second-order valence-corrected chi connectivity index (χ2v) is 3.14. The van der Waals surface area contributed by atoms with Gasteiger partial charge in [-0.25, -0.2) is 0 Å². The van der Waals surface area contributed by atoms with Crippen LogP contribution in [0.2, 0.25) is 0 Å². The first-order valence-corrected chi connectivity index (χ1v) is 4.33. The molecule has 0 amide bonds. The molecule has 0 spiro atoms. The number of hydrogen-bond donors (Lipinski definition) is 1. The van der Waals surface area contributed by atoms with Gasteiger partial charge in [0.1, 0.15) is 11.4 Å². The fourth-order valence-corrected chi connectivity index (χ4v) is 1.37. The third-order valence-electron chi connectivity index (χ3n) is 2.06. The summed E-state index contributed by atoms with van der Waals surface area (Å²) >= 11 is 0. The van der Waals surface area contributed by atoms with Crippen molar-refractivity contribution in [3.05, 3.63) is 21.5 Å². The predicted octanol–water partition coefficient (Wildman–Crippen LogP) is 0.883. The number of aryl methyl sites for hydroxylation is 2. The van der Waals surface area contributed by atoms with Crippen LogP contribution in [0.5, 0.6) is 0 Å². The molecule has 0 saturated carbocycles. The van der Waals surface area contributed by atoms with Crippen molar-refractivity contribution in [2.75, 3.05) is 0 Å². The lowest BCUT2D eigenvalue weighted by atomic mass is 10.3. The first-order chi connectivity index (χ1) is 6.93. The molecule has 0 bridgehead atoms. The zero-order valence-corrected chi connectivity index (χ0v) is 8.43. The Kier molecular flexibility index (Phi) is 3.03. The maximum atomic E-state index is 10.6. The van der Waals surface area contributed by atoms with E-state index < -0.39 is 10.9 Å². The largest absolute Gasteiger partial charge is 0.481 e. The summed E-state index contributed by atoms with van der Waals surface area (Å²) in [5.41, 5.74) is 0.655. The number of carbonyl (C=O) groups is 1. The Hall–Kier alpha value is -1.92. The molecule has 7 nitrogen and oxygen atoms in total. The molecule has 0 unspecified atom stereocenters. The van der Waals surface area contributed by atoms with Crippen molar-refractivity contribution >= 4 is 11.7 Å². The predicted molar refractivity (Wildman–Crippen MR) is 50.6 cm³/mol. The molecule has 0 aliphatic heterocycles. The van der Waals surface area contributed by atoms with Crippen LogP contribution in [-0.4, -0.2) is 25.8 Å². The van der Waals surface area contributed by atoms with Crippen LogP contribution in [-0.2, 0) is 11.3 Å². The SMILES string of the molecule is Cc1nn(CCC(=O)O)c(C)c1[N+](=O)[O-]. The van der Waals surface area contributed by atoms with Crippen molar-refractivity contribution in [1.29, 1.82) is 0 Å². The van der Waals surface area contributed by atoms with Gasteiger partial charge >= 0.3 is 11.7 Å². The highest BCUT2D eigenvalue weighted by molar-refractivity contribution is 5.66. The van der Waals surface area contributed by atoms with E-state index in [4.69, 9.17) is 5.11 Å². The highest BCUT2D eigenvalue weighted by Crippen LogP contribution is 2.21. The molecule has 1 heterocycles. The number of nitro groups is 1. The molecular weight excluding hydrogens is 202 g/mol. The van der Waals surface area contributed by atoms with E-state index >= 15 is 0 Å². The van der Waals surface area contributed by atoms with Crippen molar-refractivity contribution in [1.82, 2.24) is 9.78 Å². The fourth-order valence-electron chi connectivity index (χ4n) is 1.37. The Balaban J connectivity index is 2.96. The van der Waals surface area contributed by atoms with Crippen LogP contribution >= 0.6 is 0 Å². The van der Waals surface area contributed by atoms with Gasteiger partial charge in [0, 0.05) is 0 Å². The van der Waals surface area contributed by atoms with Gasteiger partial charge in [-0.05, 0) is 13.8 Å². The molecular formula is C8H11N3O4. The lowest BCUT2D eigenvalue weighted by Gasteiger charge is -1.99. The maximum absolute atomic E-state index is 10.6. The zero-order valence-electron chi connectivity index (χ0n) is 8.43. The minimum atomic E-state index is -0.954. The zero-order chi connectivity index (χ0) is 11.6. The van der Waals surface area contributed by atoms with Crippen LogP contribution in [0.3, 0.4) is 0 Å². The molecule has 0 aliphatic carbocycles. The summed E-state index contributed by atoms with van der Waals surface area (Å²) in [6, 6.07) is 0. The minimum absolute atomic E-state index is 0.0413. The first-order valence-electron chi connectivity index (χ1n) is 4.33. The molecule has 0 atom stereocenters. The number of aromatic nitrogens is 2. The van der Waals surface area contributed by atoms with Gasteiger partial charge in [0.15, 0.2) is 0 Å². The average molecular weight is 213 g/mol. The monoisotopic (exact) mass is 213 g/mol. The average Bonchev–Trinajstić information content (AvgIpc) is 2.37. The number of carboxylic acids is 1. The summed E-state index contributed by atoms with van der Waals surface area (Å²) in [7, 11) is 0. The van der Waals surface area contributed by atoms with Crippen LogP contribution in [0.1, 0.15) is 17.8 Å². The maximum Gasteiger partial charge on any atom is 0.312 e. The van der Waals surface area contributed by atoms with E-state index in [-0.39, 0.29) is 18.7 Å². The van der Waals surface area contributed by atoms with Crippen LogP contribution in [0.15, 0.2) is 0 Å². The third-order valence-corrected chi connectivity index (χ3v) is 2.06. The van der Waals surface area contributed by atoms with E-state index in [1.165, 1.54) is 11.6 Å². The van der Waals surface area contributed by atoms with E-state index in [1.54, 1.807) is 6.92 Å². The van der Waals surface area contributed by atoms with E-state index in [0.717, 1.165) is 0 Å². The lowest BCUT2D eigenvalue weighted by molar-refractivity contribution is -0.386. The quantitative estimate of drug-likeness (QED) is 0.591. The van der Waals surface area contributed by atoms with Gasteiger partial charge in [0.25, 0.3) is 0 Å². The molecule has 15 heavy (non-hydrogen) atoms. The normalized spacial score (nSPS) is 10.3. The third kappa shape index (κ3) is 2.30. The summed E-state index contributed by atoms with van der Waals surface area (Å²) in [6.07, 6.45) is -0.0981. The number of nitrogens with zero attached hydrogens (tertiary/aromatic N) is 3. The molecule has 0 aliphatic rings. The topological polar surface area (TPSA) is 98.3 Å². The van der Waals surface area contributed by atoms with Gasteiger partial charge in [-0.15, -0.1) is 0 Å². The van der Waals surface area contributed by atoms with Crippen LogP contribution in [0.25, 0.3) is 0 Å². The summed E-state index contributed by atoms with van der Waals surface area (Å²) in [4.78, 5) is 20.5. The molecule has 82 valence electrons. The second kappa shape index (κ2) is 4.07. The van der Waals surface area contributed by atoms with Crippen molar-refractivity contribution in [2.45, 2.75) is 26.8 Å². The number of aliphatic carboxylic acids is 1. The van der Waals surface area contributed by atoms with E-state index in [9.17, 15) is 14.9 Å². The molecule has 1 rings (SSSR count). The van der Waals surface area contributed by atoms with E-state index in [0.29, 0.717) is 11.4 Å². The van der Waals surface area contributed by atoms with Crippen LogP contribution < -0.4 is 0 Å². The van der Waals surface area contributed by atoms with Crippen LogP contribution in [0, 0.1) is 24.0 Å². The first kappa shape index (κ1) is 11.2. The number of hydrogen-bond acceptors (Lipinski definition) is 4. The highest BCUT2D eigenvalue weighted by atomic mass is 16.6. The van der Waals surface area contributed by atoms with Gasteiger partial charge in [0.2, 0.25) is 0 Å². The lowest BCUT2D eigenvalue weighted by Crippen LogP contribution is -2.07. The van der Waals surface area contributed by atoms with Crippen LogP contribution in [0.4, 0.5) is 5.69 Å². The standard InChI is InChI=1S/C8H11N3O4/c1-5-8(11(14)15)6(2)10(9-5)4-3-7(12)13/h3-4H2,1-2H3,(H,12,13).